The maximum Gasteiger partial charge on any atom is 0.274 e. The van der Waals surface area contributed by atoms with Crippen LogP contribution in [-0.2, 0) is 0 Å². The van der Waals surface area contributed by atoms with Gasteiger partial charge in [0.2, 0.25) is 0 Å². The van der Waals surface area contributed by atoms with E-state index in [4.69, 9.17) is 0 Å². The molecule has 28 heavy (non-hydrogen) atoms. The van der Waals surface area contributed by atoms with Crippen LogP contribution in [0.15, 0.2) is 66.7 Å². The summed E-state index contributed by atoms with van der Waals surface area (Å²) in [5.41, 5.74) is 3.77. The van der Waals surface area contributed by atoms with Gasteiger partial charge in [-0.25, -0.2) is 0 Å². The molecular weight excluding hydrogens is 350 g/mol. The van der Waals surface area contributed by atoms with Crippen molar-refractivity contribution in [3.05, 3.63) is 78.0 Å². The second-order valence-corrected chi connectivity index (χ2v) is 6.91. The zero-order valence-corrected chi connectivity index (χ0v) is 15.9. The lowest BCUT2D eigenvalue weighted by Gasteiger charge is -2.36. The molecule has 1 saturated heterocycles. The van der Waals surface area contributed by atoms with Crippen LogP contribution in [0, 0.1) is 6.92 Å². The minimum Gasteiger partial charge on any atom is -0.368 e. The highest BCUT2D eigenvalue weighted by Gasteiger charge is 2.23. The van der Waals surface area contributed by atoms with E-state index in [1.54, 1.807) is 12.1 Å². The molecule has 1 amide bonds. The van der Waals surface area contributed by atoms with Gasteiger partial charge in [0.1, 0.15) is 0 Å². The van der Waals surface area contributed by atoms with Gasteiger partial charge < -0.3 is 15.1 Å². The summed E-state index contributed by atoms with van der Waals surface area (Å²) in [7, 11) is 0. The van der Waals surface area contributed by atoms with Crippen molar-refractivity contribution >= 4 is 23.1 Å². The minimum atomic E-state index is -0.0670. The minimum absolute atomic E-state index is 0.0670. The molecule has 142 valence electrons. The van der Waals surface area contributed by atoms with Crippen LogP contribution in [0.2, 0.25) is 0 Å². The normalized spacial score (nSPS) is 14.0. The molecule has 2 heterocycles. The zero-order valence-electron chi connectivity index (χ0n) is 15.9. The van der Waals surface area contributed by atoms with E-state index in [2.05, 4.69) is 51.6 Å². The average molecular weight is 373 g/mol. The SMILES string of the molecule is Cc1cccc(N2CCN(C(=O)c3ccc(Nc4ccccc4)nn3)CC2)c1. The number of piperazine rings is 1. The molecule has 1 aliphatic rings. The summed E-state index contributed by atoms with van der Waals surface area (Å²) < 4.78 is 0. The van der Waals surface area contributed by atoms with Crippen LogP contribution in [0.4, 0.5) is 17.2 Å². The summed E-state index contributed by atoms with van der Waals surface area (Å²) >= 11 is 0. The summed E-state index contributed by atoms with van der Waals surface area (Å²) in [6.45, 7) is 5.09. The van der Waals surface area contributed by atoms with Gasteiger partial charge in [-0.3, -0.25) is 4.79 Å². The first kappa shape index (κ1) is 18.0. The standard InChI is InChI=1S/C22H23N5O/c1-17-6-5-9-19(16-17)26-12-14-27(15-13-26)22(28)20-10-11-21(25-24-20)23-18-7-3-2-4-8-18/h2-11,16H,12-15H2,1H3,(H,23,25). The summed E-state index contributed by atoms with van der Waals surface area (Å²) in [5, 5.41) is 11.4. The van der Waals surface area contributed by atoms with E-state index in [1.165, 1.54) is 11.3 Å². The van der Waals surface area contributed by atoms with Gasteiger partial charge in [0, 0.05) is 37.6 Å². The van der Waals surface area contributed by atoms with Gasteiger partial charge in [0.05, 0.1) is 0 Å². The van der Waals surface area contributed by atoms with Crippen molar-refractivity contribution in [3.63, 3.8) is 0 Å². The molecule has 0 atom stereocenters. The van der Waals surface area contributed by atoms with Crippen molar-refractivity contribution in [2.45, 2.75) is 6.92 Å². The van der Waals surface area contributed by atoms with Crippen LogP contribution in [-0.4, -0.2) is 47.2 Å². The quantitative estimate of drug-likeness (QED) is 0.759. The van der Waals surface area contributed by atoms with E-state index < -0.39 is 0 Å². The van der Waals surface area contributed by atoms with E-state index in [9.17, 15) is 4.79 Å². The number of carbonyl (C=O) groups excluding carboxylic acids is 1. The Hall–Kier alpha value is -3.41. The highest BCUT2D eigenvalue weighted by molar-refractivity contribution is 5.92. The van der Waals surface area contributed by atoms with Crippen LogP contribution >= 0.6 is 0 Å². The van der Waals surface area contributed by atoms with Gasteiger partial charge in [-0.1, -0.05) is 30.3 Å². The Balaban J connectivity index is 1.36. The Kier molecular flexibility index (Phi) is 5.19. The van der Waals surface area contributed by atoms with Crippen LogP contribution in [0.5, 0.6) is 0 Å². The molecule has 0 radical (unpaired) electrons. The third-order valence-electron chi connectivity index (χ3n) is 4.86. The third-order valence-corrected chi connectivity index (χ3v) is 4.86. The van der Waals surface area contributed by atoms with E-state index in [-0.39, 0.29) is 5.91 Å². The largest absolute Gasteiger partial charge is 0.368 e. The summed E-state index contributed by atoms with van der Waals surface area (Å²) in [6, 6.07) is 21.7. The fourth-order valence-corrected chi connectivity index (χ4v) is 3.34. The van der Waals surface area contributed by atoms with Crippen molar-refractivity contribution in [1.29, 1.82) is 0 Å². The molecule has 0 unspecified atom stereocenters. The smallest absolute Gasteiger partial charge is 0.274 e. The Morgan fingerprint density at radius 3 is 2.36 bits per heavy atom. The van der Waals surface area contributed by atoms with Gasteiger partial charge >= 0.3 is 0 Å². The maximum atomic E-state index is 12.8. The number of nitrogens with one attached hydrogen (secondary N) is 1. The van der Waals surface area contributed by atoms with Crippen LogP contribution in [0.1, 0.15) is 16.1 Å². The Morgan fingerprint density at radius 2 is 1.68 bits per heavy atom. The number of aryl methyl sites for hydroxylation is 1. The van der Waals surface area contributed by atoms with Gasteiger partial charge in [-0.15, -0.1) is 10.2 Å². The zero-order chi connectivity index (χ0) is 19.3. The molecule has 0 saturated carbocycles. The predicted octanol–water partition coefficient (Wildman–Crippen LogP) is 3.49. The summed E-state index contributed by atoms with van der Waals surface area (Å²) in [4.78, 5) is 16.9. The Morgan fingerprint density at radius 1 is 0.893 bits per heavy atom. The van der Waals surface area contributed by atoms with E-state index in [0.717, 1.165) is 18.8 Å². The van der Waals surface area contributed by atoms with E-state index in [0.29, 0.717) is 24.6 Å². The highest BCUT2D eigenvalue weighted by Crippen LogP contribution is 2.19. The lowest BCUT2D eigenvalue weighted by atomic mass is 10.2. The number of carbonyl (C=O) groups is 1. The molecule has 1 aromatic heterocycles. The predicted molar refractivity (Wildman–Crippen MR) is 111 cm³/mol. The van der Waals surface area contributed by atoms with Crippen molar-refractivity contribution < 1.29 is 4.79 Å². The molecule has 0 bridgehead atoms. The number of aromatic nitrogens is 2. The van der Waals surface area contributed by atoms with Crippen LogP contribution in [0.3, 0.4) is 0 Å². The first-order valence-electron chi connectivity index (χ1n) is 9.46. The highest BCUT2D eigenvalue weighted by atomic mass is 16.2. The number of nitrogens with zero attached hydrogens (tertiary/aromatic N) is 4. The monoisotopic (exact) mass is 373 g/mol. The molecule has 2 aromatic carbocycles. The molecule has 6 nitrogen and oxygen atoms in total. The summed E-state index contributed by atoms with van der Waals surface area (Å²) in [5.74, 6) is 0.551. The number of anilines is 3. The third kappa shape index (κ3) is 4.11. The van der Waals surface area contributed by atoms with Crippen LogP contribution < -0.4 is 10.2 Å². The van der Waals surface area contributed by atoms with Crippen molar-refractivity contribution in [3.8, 4) is 0 Å². The molecule has 4 rings (SSSR count). The molecular formula is C22H23N5O. The molecule has 3 aromatic rings. The first-order valence-corrected chi connectivity index (χ1v) is 9.46. The lowest BCUT2D eigenvalue weighted by molar-refractivity contribution is 0.0739. The lowest BCUT2D eigenvalue weighted by Crippen LogP contribution is -2.49. The number of amides is 1. The van der Waals surface area contributed by atoms with Gasteiger partial charge in [-0.2, -0.15) is 0 Å². The first-order chi connectivity index (χ1) is 13.7. The second-order valence-electron chi connectivity index (χ2n) is 6.91. The maximum absolute atomic E-state index is 12.8. The van der Waals surface area contributed by atoms with Gasteiger partial charge in [-0.05, 0) is 48.9 Å². The van der Waals surface area contributed by atoms with Crippen molar-refractivity contribution in [1.82, 2.24) is 15.1 Å². The Bertz CT molecular complexity index is 935. The van der Waals surface area contributed by atoms with E-state index >= 15 is 0 Å². The fourth-order valence-electron chi connectivity index (χ4n) is 3.34. The van der Waals surface area contributed by atoms with Crippen molar-refractivity contribution in [2.75, 3.05) is 36.4 Å². The average Bonchev–Trinajstić information content (AvgIpc) is 2.75. The van der Waals surface area contributed by atoms with Crippen LogP contribution in [0.25, 0.3) is 0 Å². The molecule has 6 heteroatoms. The topological polar surface area (TPSA) is 61.4 Å². The number of hydrogen-bond donors (Lipinski definition) is 1. The second kappa shape index (κ2) is 8.08. The molecule has 1 N–H and O–H groups in total. The van der Waals surface area contributed by atoms with Gasteiger partial charge in [0.25, 0.3) is 5.91 Å². The number of hydrogen-bond acceptors (Lipinski definition) is 5. The summed E-state index contributed by atoms with van der Waals surface area (Å²) in [6.07, 6.45) is 0. The number of para-hydroxylation sites is 1. The molecule has 1 fully saturated rings. The molecule has 0 aliphatic carbocycles. The molecule has 1 aliphatic heterocycles. The van der Waals surface area contributed by atoms with E-state index in [1.807, 2.05) is 35.2 Å². The number of benzene rings is 2. The van der Waals surface area contributed by atoms with Gasteiger partial charge in [0.15, 0.2) is 11.5 Å². The van der Waals surface area contributed by atoms with Crippen molar-refractivity contribution in [2.24, 2.45) is 0 Å². The fraction of sp³-hybridized carbons (Fsp3) is 0.227. The Labute approximate surface area is 164 Å². The number of rotatable bonds is 4. The molecule has 0 spiro atoms.